The van der Waals surface area contributed by atoms with E-state index in [1.165, 1.54) is 0 Å². The van der Waals surface area contributed by atoms with Crippen LogP contribution in [0.15, 0.2) is 4.99 Å². The Morgan fingerprint density at radius 1 is 1.67 bits per heavy atom. The lowest BCUT2D eigenvalue weighted by Gasteiger charge is -1.94. The number of carbonyl (C=O) groups excluding carboxylic acids is 1. The standard InChI is InChI=1S/C3H5NO4S/c1-3(4-2-5)9(6,7)8/h3H,1H3,(H,6,7,8). The molecule has 0 saturated carbocycles. The first-order valence-electron chi connectivity index (χ1n) is 2.01. The van der Waals surface area contributed by atoms with Crippen molar-refractivity contribution in [2.24, 2.45) is 4.99 Å². The van der Waals surface area contributed by atoms with Gasteiger partial charge in [-0.15, -0.1) is 0 Å². The third-order valence-electron chi connectivity index (χ3n) is 0.666. The average molecular weight is 151 g/mol. The van der Waals surface area contributed by atoms with Gasteiger partial charge in [-0.25, -0.2) is 4.79 Å². The van der Waals surface area contributed by atoms with E-state index in [0.717, 1.165) is 13.0 Å². The molecular formula is C3H5NO4S. The normalized spacial score (nSPS) is 14.0. The summed E-state index contributed by atoms with van der Waals surface area (Å²) in [5.41, 5.74) is 0. The topological polar surface area (TPSA) is 83.8 Å². The van der Waals surface area contributed by atoms with Gasteiger partial charge in [0.25, 0.3) is 10.1 Å². The lowest BCUT2D eigenvalue weighted by molar-refractivity contribution is 0.470. The molecule has 0 aliphatic carbocycles. The molecule has 0 heterocycles. The molecule has 0 saturated heterocycles. The van der Waals surface area contributed by atoms with Gasteiger partial charge in [-0.05, 0) is 6.92 Å². The summed E-state index contributed by atoms with van der Waals surface area (Å²) < 4.78 is 28.1. The van der Waals surface area contributed by atoms with Crippen molar-refractivity contribution in [3.05, 3.63) is 0 Å². The first kappa shape index (κ1) is 8.29. The summed E-state index contributed by atoms with van der Waals surface area (Å²) in [6.45, 7) is 1.07. The molecule has 52 valence electrons. The highest BCUT2D eigenvalue weighted by Crippen LogP contribution is 1.95. The SMILES string of the molecule is CC(N=C=O)S(=O)(=O)O. The second kappa shape index (κ2) is 2.72. The van der Waals surface area contributed by atoms with Crippen LogP contribution in [0, 0.1) is 0 Å². The minimum atomic E-state index is -4.19. The highest BCUT2D eigenvalue weighted by molar-refractivity contribution is 7.86. The van der Waals surface area contributed by atoms with Crippen molar-refractivity contribution in [2.45, 2.75) is 12.3 Å². The number of hydrogen-bond donors (Lipinski definition) is 1. The summed E-state index contributed by atoms with van der Waals surface area (Å²) in [6, 6.07) is 0. The summed E-state index contributed by atoms with van der Waals surface area (Å²) in [4.78, 5) is 12.1. The van der Waals surface area contributed by atoms with E-state index in [4.69, 9.17) is 4.55 Å². The number of hydrogen-bond acceptors (Lipinski definition) is 4. The molecule has 0 aliphatic heterocycles. The van der Waals surface area contributed by atoms with Crippen molar-refractivity contribution in [1.29, 1.82) is 0 Å². The Hall–Kier alpha value is -0.710. The van der Waals surface area contributed by atoms with Crippen LogP contribution in [-0.4, -0.2) is 24.4 Å². The maximum Gasteiger partial charge on any atom is 0.288 e. The van der Waals surface area contributed by atoms with Gasteiger partial charge in [0, 0.05) is 0 Å². The van der Waals surface area contributed by atoms with Gasteiger partial charge in [0.1, 0.15) is 0 Å². The Labute approximate surface area is 52.2 Å². The molecule has 5 nitrogen and oxygen atoms in total. The van der Waals surface area contributed by atoms with Crippen molar-refractivity contribution in [1.82, 2.24) is 0 Å². The molecule has 9 heavy (non-hydrogen) atoms. The van der Waals surface area contributed by atoms with Crippen molar-refractivity contribution in [3.63, 3.8) is 0 Å². The van der Waals surface area contributed by atoms with Crippen LogP contribution in [0.2, 0.25) is 0 Å². The number of nitrogens with zero attached hydrogens (tertiary/aromatic N) is 1. The Balaban J connectivity index is 4.42. The van der Waals surface area contributed by atoms with Crippen LogP contribution >= 0.6 is 0 Å². The van der Waals surface area contributed by atoms with Crippen molar-refractivity contribution in [3.8, 4) is 0 Å². The molecule has 0 aromatic rings. The maximum absolute atomic E-state index is 10.0. The van der Waals surface area contributed by atoms with Crippen molar-refractivity contribution >= 4 is 16.2 Å². The molecule has 1 atom stereocenters. The summed E-state index contributed by atoms with van der Waals surface area (Å²) in [6.07, 6.45) is 1.01. The zero-order valence-corrected chi connectivity index (χ0v) is 5.42. The van der Waals surface area contributed by atoms with E-state index in [1.807, 2.05) is 0 Å². The third-order valence-corrected chi connectivity index (χ3v) is 1.63. The third kappa shape index (κ3) is 2.97. The second-order valence-electron chi connectivity index (χ2n) is 1.33. The quantitative estimate of drug-likeness (QED) is 0.329. The van der Waals surface area contributed by atoms with E-state index in [1.54, 1.807) is 0 Å². The van der Waals surface area contributed by atoms with Gasteiger partial charge in [0.2, 0.25) is 6.08 Å². The van der Waals surface area contributed by atoms with Crippen LogP contribution in [0.25, 0.3) is 0 Å². The highest BCUT2D eigenvalue weighted by atomic mass is 32.2. The van der Waals surface area contributed by atoms with E-state index < -0.39 is 15.5 Å². The molecule has 0 bridgehead atoms. The minimum Gasteiger partial charge on any atom is -0.284 e. The summed E-state index contributed by atoms with van der Waals surface area (Å²) in [5, 5.41) is -1.41. The lowest BCUT2D eigenvalue weighted by Crippen LogP contribution is -2.12. The fourth-order valence-corrected chi connectivity index (χ4v) is 0.317. The molecule has 0 aliphatic rings. The molecular weight excluding hydrogens is 146 g/mol. The average Bonchev–Trinajstić information content (AvgIpc) is 1.64. The van der Waals surface area contributed by atoms with E-state index >= 15 is 0 Å². The van der Waals surface area contributed by atoms with Gasteiger partial charge in [-0.1, -0.05) is 0 Å². The molecule has 0 radical (unpaired) electrons. The van der Waals surface area contributed by atoms with Crippen molar-refractivity contribution < 1.29 is 17.8 Å². The predicted molar refractivity (Wildman–Crippen MR) is 29.1 cm³/mol. The summed E-state index contributed by atoms with van der Waals surface area (Å²) >= 11 is 0. The smallest absolute Gasteiger partial charge is 0.284 e. The van der Waals surface area contributed by atoms with Gasteiger partial charge in [0.15, 0.2) is 5.37 Å². The predicted octanol–water partition coefficient (Wildman–Crippen LogP) is -0.444. The van der Waals surface area contributed by atoms with E-state index in [9.17, 15) is 13.2 Å². The van der Waals surface area contributed by atoms with Crippen LogP contribution in [0.1, 0.15) is 6.92 Å². The van der Waals surface area contributed by atoms with Crippen molar-refractivity contribution in [2.75, 3.05) is 0 Å². The first-order chi connectivity index (χ1) is 3.98. The number of aliphatic imine (C=N–C) groups is 1. The van der Waals surface area contributed by atoms with Crippen LogP contribution in [0.5, 0.6) is 0 Å². The zero-order valence-electron chi connectivity index (χ0n) is 4.60. The molecule has 0 amide bonds. The lowest BCUT2D eigenvalue weighted by atomic mass is 10.8. The van der Waals surface area contributed by atoms with Crippen LogP contribution in [0.3, 0.4) is 0 Å². The Morgan fingerprint density at radius 3 is 2.22 bits per heavy atom. The van der Waals surface area contributed by atoms with E-state index in [0.29, 0.717) is 0 Å². The molecule has 1 unspecified atom stereocenters. The Morgan fingerprint density at radius 2 is 2.11 bits per heavy atom. The fraction of sp³-hybridized carbons (Fsp3) is 0.667. The second-order valence-corrected chi connectivity index (χ2v) is 3.05. The van der Waals surface area contributed by atoms with Gasteiger partial charge in [0.05, 0.1) is 0 Å². The molecule has 6 heteroatoms. The summed E-state index contributed by atoms with van der Waals surface area (Å²) in [7, 11) is -4.19. The van der Waals surface area contributed by atoms with Crippen LogP contribution in [0.4, 0.5) is 0 Å². The van der Waals surface area contributed by atoms with Gasteiger partial charge < -0.3 is 0 Å². The van der Waals surface area contributed by atoms with E-state index in [-0.39, 0.29) is 0 Å². The molecule has 0 fully saturated rings. The fourth-order valence-electron chi connectivity index (χ4n) is 0.141. The Bertz CT molecular complexity index is 224. The summed E-state index contributed by atoms with van der Waals surface area (Å²) in [5.74, 6) is 0. The van der Waals surface area contributed by atoms with Gasteiger partial charge in [-0.2, -0.15) is 13.4 Å². The molecule has 0 aromatic carbocycles. The molecule has 0 rings (SSSR count). The van der Waals surface area contributed by atoms with Crippen LogP contribution in [-0.2, 0) is 14.9 Å². The van der Waals surface area contributed by atoms with Gasteiger partial charge >= 0.3 is 0 Å². The van der Waals surface area contributed by atoms with Gasteiger partial charge in [-0.3, -0.25) is 4.55 Å². The van der Waals surface area contributed by atoms with Crippen LogP contribution < -0.4 is 0 Å². The first-order valence-corrected chi connectivity index (χ1v) is 3.52. The number of rotatable bonds is 2. The molecule has 1 N–H and O–H groups in total. The number of isocyanates is 1. The van der Waals surface area contributed by atoms with E-state index in [2.05, 4.69) is 4.99 Å². The molecule has 0 spiro atoms. The minimum absolute atomic E-state index is 1.01. The Kier molecular flexibility index (Phi) is 2.51. The zero-order chi connectivity index (χ0) is 7.49. The molecule has 0 aromatic heterocycles. The maximum atomic E-state index is 10.0. The highest BCUT2D eigenvalue weighted by Gasteiger charge is 2.14. The monoisotopic (exact) mass is 151 g/mol. The largest absolute Gasteiger partial charge is 0.288 e.